The van der Waals surface area contributed by atoms with Crippen LogP contribution in [0, 0.1) is 13.8 Å². The number of nitrogens with two attached hydrogens (primary N) is 1. The first-order chi connectivity index (χ1) is 10.3. The molecular weight excluding hydrogens is 278 g/mol. The number of methoxy groups -OCH3 is 1. The quantitative estimate of drug-likeness (QED) is 0.596. The van der Waals surface area contributed by atoms with Gasteiger partial charge in [0.1, 0.15) is 11.5 Å². The van der Waals surface area contributed by atoms with E-state index in [0.717, 1.165) is 28.4 Å². The zero-order chi connectivity index (χ0) is 16.4. The third-order valence-corrected chi connectivity index (χ3v) is 3.75. The molecule has 0 amide bonds. The van der Waals surface area contributed by atoms with Crippen molar-refractivity contribution < 1.29 is 9.84 Å². The molecule has 5 nitrogen and oxygen atoms in total. The summed E-state index contributed by atoms with van der Waals surface area (Å²) >= 11 is 0. The first kappa shape index (κ1) is 15.8. The molecule has 0 fully saturated rings. The topological polar surface area (TPSA) is 70.8 Å². The first-order valence-electron chi connectivity index (χ1n) is 7.06. The third-order valence-electron chi connectivity index (χ3n) is 3.75. The summed E-state index contributed by atoms with van der Waals surface area (Å²) < 4.78 is 5.45. The molecule has 0 aliphatic heterocycles. The fourth-order valence-corrected chi connectivity index (χ4v) is 2.30. The third kappa shape index (κ3) is 2.88. The van der Waals surface area contributed by atoms with E-state index in [1.165, 1.54) is 0 Å². The van der Waals surface area contributed by atoms with Gasteiger partial charge in [0.2, 0.25) is 0 Å². The number of nitrogens with one attached hydrogen (secondary N) is 1. The highest BCUT2D eigenvalue weighted by molar-refractivity contribution is 5.81. The molecule has 2 aromatic carbocycles. The number of hydrogen-bond donors (Lipinski definition) is 3. The van der Waals surface area contributed by atoms with Gasteiger partial charge in [-0.3, -0.25) is 0 Å². The van der Waals surface area contributed by atoms with Crippen LogP contribution in [0.25, 0.3) is 0 Å². The minimum atomic E-state index is 0.234. The number of nitrogen functional groups attached to an aromatic ring is 1. The largest absolute Gasteiger partial charge is 0.507 e. The Morgan fingerprint density at radius 3 is 2.41 bits per heavy atom. The monoisotopic (exact) mass is 301 g/mol. The molecule has 0 saturated carbocycles. The van der Waals surface area contributed by atoms with Crippen molar-refractivity contribution in [2.24, 2.45) is 0 Å². The summed E-state index contributed by atoms with van der Waals surface area (Å²) in [5.41, 5.74) is 10.7. The molecule has 0 radical (unpaired) electrons. The lowest BCUT2D eigenvalue weighted by molar-refractivity contribution is 0.417. The first-order valence-corrected chi connectivity index (χ1v) is 7.06. The van der Waals surface area contributed by atoms with Gasteiger partial charge >= 0.3 is 0 Å². The van der Waals surface area contributed by atoms with Gasteiger partial charge in [-0.2, -0.15) is 0 Å². The molecule has 0 heterocycles. The zero-order valence-corrected chi connectivity index (χ0v) is 13.7. The van der Waals surface area contributed by atoms with Gasteiger partial charge < -0.3 is 25.8 Å². The Morgan fingerprint density at radius 1 is 1.14 bits per heavy atom. The number of phenolic OH excluding ortho intramolecular Hbond substituents is 1. The molecule has 4 N–H and O–H groups in total. The molecule has 2 aromatic rings. The maximum atomic E-state index is 9.94. The lowest BCUT2D eigenvalue weighted by Gasteiger charge is -2.19. The number of anilines is 4. The normalized spacial score (nSPS) is 10.4. The molecule has 0 spiro atoms. The van der Waals surface area contributed by atoms with Gasteiger partial charge in [-0.25, -0.2) is 0 Å². The highest BCUT2D eigenvalue weighted by Crippen LogP contribution is 2.37. The van der Waals surface area contributed by atoms with Gasteiger partial charge in [0.15, 0.2) is 0 Å². The number of benzene rings is 2. The summed E-state index contributed by atoms with van der Waals surface area (Å²) in [7, 11) is 5.59. The number of phenols is 1. The average molecular weight is 301 g/mol. The van der Waals surface area contributed by atoms with E-state index in [2.05, 4.69) is 5.32 Å². The van der Waals surface area contributed by atoms with Gasteiger partial charge in [0, 0.05) is 31.4 Å². The Bertz CT molecular complexity index is 697. The van der Waals surface area contributed by atoms with Crippen molar-refractivity contribution in [3.05, 3.63) is 35.4 Å². The van der Waals surface area contributed by atoms with Crippen molar-refractivity contribution in [3.8, 4) is 11.5 Å². The van der Waals surface area contributed by atoms with Crippen molar-refractivity contribution in [1.29, 1.82) is 0 Å². The van der Waals surface area contributed by atoms with E-state index in [9.17, 15) is 5.11 Å². The van der Waals surface area contributed by atoms with Crippen LogP contribution < -0.4 is 20.7 Å². The van der Waals surface area contributed by atoms with Gasteiger partial charge in [0.05, 0.1) is 24.2 Å². The minimum Gasteiger partial charge on any atom is -0.507 e. The fraction of sp³-hybridized carbons (Fsp3) is 0.294. The van der Waals surface area contributed by atoms with E-state index < -0.39 is 0 Å². The molecule has 2 rings (SSSR count). The Morgan fingerprint density at radius 2 is 1.82 bits per heavy atom. The van der Waals surface area contributed by atoms with Crippen molar-refractivity contribution in [3.63, 3.8) is 0 Å². The second-order valence-electron chi connectivity index (χ2n) is 5.53. The number of hydrogen-bond acceptors (Lipinski definition) is 5. The number of rotatable bonds is 4. The van der Waals surface area contributed by atoms with Crippen LogP contribution in [-0.4, -0.2) is 26.3 Å². The van der Waals surface area contributed by atoms with Crippen LogP contribution >= 0.6 is 0 Å². The highest BCUT2D eigenvalue weighted by atomic mass is 16.5. The number of aryl methyl sites for hydroxylation is 1. The summed E-state index contributed by atoms with van der Waals surface area (Å²) in [5.74, 6) is 0.965. The Balaban J connectivity index is 2.43. The number of nitrogens with zero attached hydrogens (tertiary/aromatic N) is 1. The van der Waals surface area contributed by atoms with Crippen LogP contribution in [0.2, 0.25) is 0 Å². The Hall–Kier alpha value is -2.56. The van der Waals surface area contributed by atoms with Crippen molar-refractivity contribution in [1.82, 2.24) is 0 Å². The van der Waals surface area contributed by atoms with Gasteiger partial charge in [0.25, 0.3) is 0 Å². The van der Waals surface area contributed by atoms with Crippen molar-refractivity contribution >= 4 is 22.7 Å². The van der Waals surface area contributed by atoms with E-state index >= 15 is 0 Å². The molecule has 0 aromatic heterocycles. The van der Waals surface area contributed by atoms with E-state index in [1.54, 1.807) is 14.0 Å². The highest BCUT2D eigenvalue weighted by Gasteiger charge is 2.12. The van der Waals surface area contributed by atoms with Crippen molar-refractivity contribution in [2.45, 2.75) is 13.8 Å². The summed E-state index contributed by atoms with van der Waals surface area (Å²) in [6.45, 7) is 3.65. The van der Waals surface area contributed by atoms with Crippen molar-refractivity contribution in [2.75, 3.05) is 37.2 Å². The Labute approximate surface area is 131 Å². The maximum absolute atomic E-state index is 9.94. The summed E-state index contributed by atoms with van der Waals surface area (Å²) in [6, 6.07) is 7.74. The minimum absolute atomic E-state index is 0.234. The molecule has 22 heavy (non-hydrogen) atoms. The summed E-state index contributed by atoms with van der Waals surface area (Å²) in [4.78, 5) is 2.01. The summed E-state index contributed by atoms with van der Waals surface area (Å²) in [5, 5.41) is 13.2. The lowest BCUT2D eigenvalue weighted by Crippen LogP contribution is -2.09. The molecular formula is C17H23N3O2. The van der Waals surface area contributed by atoms with Crippen LogP contribution in [0.1, 0.15) is 11.1 Å². The van der Waals surface area contributed by atoms with E-state index in [4.69, 9.17) is 10.5 Å². The van der Waals surface area contributed by atoms with Gasteiger partial charge in [-0.05, 0) is 37.6 Å². The molecule has 0 aliphatic carbocycles. The molecule has 5 heteroatoms. The van der Waals surface area contributed by atoms with Crippen LogP contribution in [0.15, 0.2) is 24.3 Å². The number of ether oxygens (including phenoxy) is 1. The second-order valence-corrected chi connectivity index (χ2v) is 5.53. The van der Waals surface area contributed by atoms with Crippen LogP contribution in [-0.2, 0) is 0 Å². The molecule has 0 bridgehead atoms. The smallest absolute Gasteiger partial charge is 0.144 e. The molecule has 118 valence electrons. The van der Waals surface area contributed by atoms with E-state index in [1.807, 2.05) is 50.2 Å². The molecule has 0 aliphatic rings. The molecule has 0 atom stereocenters. The molecule has 0 unspecified atom stereocenters. The SMILES string of the molecule is COc1cc(N(C)C)ccc1Nc1cc(C)c(O)c(C)c1N. The van der Waals surface area contributed by atoms with E-state index in [-0.39, 0.29) is 5.75 Å². The van der Waals surface area contributed by atoms with Gasteiger partial charge in [-0.1, -0.05) is 0 Å². The predicted octanol–water partition coefficient (Wildman–Crippen LogP) is 3.41. The zero-order valence-electron chi connectivity index (χ0n) is 13.7. The number of aromatic hydroxyl groups is 1. The summed E-state index contributed by atoms with van der Waals surface area (Å²) in [6.07, 6.45) is 0. The molecule has 0 saturated heterocycles. The maximum Gasteiger partial charge on any atom is 0.144 e. The van der Waals surface area contributed by atoms with Crippen LogP contribution in [0.5, 0.6) is 11.5 Å². The standard InChI is InChI=1S/C17H23N3O2/c1-10-8-14(16(18)11(2)17(10)21)19-13-7-6-12(20(3)4)9-15(13)22-5/h6-9,19,21H,18H2,1-5H3. The van der Waals surface area contributed by atoms with Gasteiger partial charge in [-0.15, -0.1) is 0 Å². The Kier molecular flexibility index (Phi) is 4.35. The van der Waals surface area contributed by atoms with E-state index in [0.29, 0.717) is 11.3 Å². The lowest BCUT2D eigenvalue weighted by atomic mass is 10.1. The average Bonchev–Trinajstić information content (AvgIpc) is 2.50. The van der Waals surface area contributed by atoms with Crippen LogP contribution in [0.4, 0.5) is 22.7 Å². The predicted molar refractivity (Wildman–Crippen MR) is 92.6 cm³/mol. The second kappa shape index (κ2) is 6.05. The fourth-order valence-electron chi connectivity index (χ4n) is 2.30. The van der Waals surface area contributed by atoms with Crippen LogP contribution in [0.3, 0.4) is 0 Å².